The second-order valence-corrected chi connectivity index (χ2v) is 8.22. The van der Waals surface area contributed by atoms with Crippen LogP contribution in [-0.4, -0.2) is 29.7 Å². The van der Waals surface area contributed by atoms with Crippen molar-refractivity contribution in [3.8, 4) is 17.2 Å². The fourth-order valence-corrected chi connectivity index (χ4v) is 4.42. The van der Waals surface area contributed by atoms with Crippen LogP contribution in [0.4, 0.5) is 10.1 Å². The molecular formula is C22H22FNO5S. The van der Waals surface area contributed by atoms with Crippen LogP contribution in [0.15, 0.2) is 71.6 Å². The summed E-state index contributed by atoms with van der Waals surface area (Å²) in [5.74, 6) is 0.871. The minimum atomic E-state index is -4.07. The van der Waals surface area contributed by atoms with Crippen LogP contribution >= 0.6 is 0 Å². The number of anilines is 1. The van der Waals surface area contributed by atoms with E-state index in [0.29, 0.717) is 22.9 Å². The Morgan fingerprint density at radius 3 is 2.13 bits per heavy atom. The van der Waals surface area contributed by atoms with Gasteiger partial charge in [0.2, 0.25) is 0 Å². The molecule has 0 saturated carbocycles. The molecule has 3 aromatic rings. The summed E-state index contributed by atoms with van der Waals surface area (Å²) < 4.78 is 57.5. The smallest absolute Gasteiger partial charge is 0.264 e. The molecule has 0 unspecified atom stereocenters. The monoisotopic (exact) mass is 431 g/mol. The third kappa shape index (κ3) is 4.49. The molecule has 0 saturated heterocycles. The zero-order chi connectivity index (χ0) is 21.7. The number of rotatable bonds is 8. The van der Waals surface area contributed by atoms with Gasteiger partial charge in [0.1, 0.15) is 11.6 Å². The van der Waals surface area contributed by atoms with Crippen molar-refractivity contribution < 1.29 is 27.0 Å². The fraction of sp³-hybridized carbons (Fsp3) is 0.182. The lowest BCUT2D eigenvalue weighted by Gasteiger charge is -2.25. The first-order chi connectivity index (χ1) is 14.4. The molecule has 0 atom stereocenters. The first kappa shape index (κ1) is 21.4. The Labute approximate surface area is 175 Å². The quantitative estimate of drug-likeness (QED) is 0.534. The Bertz CT molecular complexity index is 1120. The Morgan fingerprint density at radius 2 is 1.53 bits per heavy atom. The van der Waals surface area contributed by atoms with E-state index in [1.165, 1.54) is 36.7 Å². The topological polar surface area (TPSA) is 65.1 Å². The maximum absolute atomic E-state index is 13.8. The molecule has 0 aliphatic rings. The molecule has 0 fully saturated rings. The third-order valence-electron chi connectivity index (χ3n) is 4.52. The van der Waals surface area contributed by atoms with Crippen LogP contribution in [0, 0.1) is 5.82 Å². The third-order valence-corrected chi connectivity index (χ3v) is 6.29. The molecule has 0 aromatic heterocycles. The summed E-state index contributed by atoms with van der Waals surface area (Å²) in [4.78, 5) is -0.147. The van der Waals surface area contributed by atoms with E-state index in [1.807, 2.05) is 0 Å². The maximum atomic E-state index is 13.8. The minimum Gasteiger partial charge on any atom is -0.497 e. The summed E-state index contributed by atoms with van der Waals surface area (Å²) >= 11 is 0. The molecule has 3 rings (SSSR count). The molecule has 0 bridgehead atoms. The highest BCUT2D eigenvalue weighted by Crippen LogP contribution is 2.34. The molecule has 0 heterocycles. The van der Waals surface area contributed by atoms with Crippen molar-refractivity contribution in [3.63, 3.8) is 0 Å². The average Bonchev–Trinajstić information content (AvgIpc) is 2.77. The van der Waals surface area contributed by atoms with Gasteiger partial charge in [-0.2, -0.15) is 0 Å². The number of hydrogen-bond acceptors (Lipinski definition) is 5. The molecule has 158 valence electrons. The van der Waals surface area contributed by atoms with Crippen molar-refractivity contribution in [2.45, 2.75) is 11.4 Å². The number of methoxy groups -OCH3 is 3. The van der Waals surface area contributed by atoms with Crippen LogP contribution < -0.4 is 18.5 Å². The van der Waals surface area contributed by atoms with Crippen LogP contribution in [-0.2, 0) is 16.6 Å². The van der Waals surface area contributed by atoms with Gasteiger partial charge < -0.3 is 14.2 Å². The molecule has 0 radical (unpaired) electrons. The van der Waals surface area contributed by atoms with Crippen LogP contribution in [0.25, 0.3) is 0 Å². The van der Waals surface area contributed by atoms with E-state index in [1.54, 1.807) is 49.6 Å². The van der Waals surface area contributed by atoms with E-state index < -0.39 is 15.8 Å². The number of halogens is 1. The van der Waals surface area contributed by atoms with E-state index in [9.17, 15) is 12.8 Å². The number of ether oxygens (including phenoxy) is 3. The molecule has 3 aromatic carbocycles. The molecule has 6 nitrogen and oxygen atoms in total. The fourth-order valence-electron chi connectivity index (χ4n) is 2.95. The van der Waals surface area contributed by atoms with E-state index in [4.69, 9.17) is 14.2 Å². The van der Waals surface area contributed by atoms with Gasteiger partial charge in [0, 0.05) is 6.07 Å². The Hall–Kier alpha value is -3.26. The first-order valence-corrected chi connectivity index (χ1v) is 10.5. The van der Waals surface area contributed by atoms with Crippen LogP contribution in [0.5, 0.6) is 17.2 Å². The molecule has 0 N–H and O–H groups in total. The molecule has 0 spiro atoms. The Balaban J connectivity index is 2.10. The average molecular weight is 431 g/mol. The number of benzene rings is 3. The summed E-state index contributed by atoms with van der Waals surface area (Å²) in [5, 5.41) is 0. The van der Waals surface area contributed by atoms with E-state index in [2.05, 4.69) is 0 Å². The number of hydrogen-bond donors (Lipinski definition) is 0. The van der Waals surface area contributed by atoms with Gasteiger partial charge in [-0.15, -0.1) is 0 Å². The SMILES string of the molecule is COc1ccc(CN(c2ccc(OC)c(OC)c2)S(=O)(=O)c2cccc(F)c2)cc1. The summed E-state index contributed by atoms with van der Waals surface area (Å²) in [7, 11) is 0.451. The van der Waals surface area contributed by atoms with Crippen molar-refractivity contribution in [3.05, 3.63) is 78.1 Å². The van der Waals surface area contributed by atoms with Crippen LogP contribution in [0.2, 0.25) is 0 Å². The lowest BCUT2D eigenvalue weighted by atomic mass is 10.2. The predicted molar refractivity (Wildman–Crippen MR) is 112 cm³/mol. The largest absolute Gasteiger partial charge is 0.497 e. The van der Waals surface area contributed by atoms with Gasteiger partial charge in [-0.05, 0) is 48.0 Å². The van der Waals surface area contributed by atoms with Crippen molar-refractivity contribution in [2.75, 3.05) is 25.6 Å². The van der Waals surface area contributed by atoms with Crippen molar-refractivity contribution >= 4 is 15.7 Å². The number of nitrogens with zero attached hydrogens (tertiary/aromatic N) is 1. The molecule has 30 heavy (non-hydrogen) atoms. The Morgan fingerprint density at radius 1 is 0.833 bits per heavy atom. The van der Waals surface area contributed by atoms with Crippen LogP contribution in [0.3, 0.4) is 0 Å². The van der Waals surface area contributed by atoms with E-state index >= 15 is 0 Å². The Kier molecular flexibility index (Phi) is 6.47. The number of sulfonamides is 1. The minimum absolute atomic E-state index is 0.0261. The maximum Gasteiger partial charge on any atom is 0.264 e. The zero-order valence-corrected chi connectivity index (χ0v) is 17.6. The van der Waals surface area contributed by atoms with E-state index in [-0.39, 0.29) is 11.4 Å². The van der Waals surface area contributed by atoms with Gasteiger partial charge in [-0.25, -0.2) is 12.8 Å². The summed E-state index contributed by atoms with van der Waals surface area (Å²) in [6, 6.07) is 16.8. The summed E-state index contributed by atoms with van der Waals surface area (Å²) in [6.45, 7) is 0.0261. The lowest BCUT2D eigenvalue weighted by molar-refractivity contribution is 0.355. The van der Waals surface area contributed by atoms with Gasteiger partial charge in [0.25, 0.3) is 10.0 Å². The van der Waals surface area contributed by atoms with Gasteiger partial charge in [-0.3, -0.25) is 4.31 Å². The second-order valence-electron chi connectivity index (χ2n) is 6.36. The van der Waals surface area contributed by atoms with Crippen molar-refractivity contribution in [2.24, 2.45) is 0 Å². The highest BCUT2D eigenvalue weighted by Gasteiger charge is 2.26. The van der Waals surface area contributed by atoms with Crippen molar-refractivity contribution in [1.29, 1.82) is 0 Å². The normalized spacial score (nSPS) is 11.1. The van der Waals surface area contributed by atoms with Gasteiger partial charge >= 0.3 is 0 Å². The molecular weight excluding hydrogens is 409 g/mol. The summed E-state index contributed by atoms with van der Waals surface area (Å²) in [6.07, 6.45) is 0. The van der Waals surface area contributed by atoms with Gasteiger partial charge in [-0.1, -0.05) is 18.2 Å². The first-order valence-electron chi connectivity index (χ1n) is 9.02. The highest BCUT2D eigenvalue weighted by molar-refractivity contribution is 7.92. The van der Waals surface area contributed by atoms with E-state index in [0.717, 1.165) is 11.6 Å². The standard InChI is InChI=1S/C22H22FNO5S/c1-27-19-10-7-16(8-11-19)15-24(18-9-12-21(28-2)22(14-18)29-3)30(25,26)20-6-4-5-17(23)13-20/h4-14H,15H2,1-3H3. The molecule has 0 aliphatic heterocycles. The van der Waals surface area contributed by atoms with Crippen LogP contribution in [0.1, 0.15) is 5.56 Å². The van der Waals surface area contributed by atoms with Gasteiger partial charge in [0.15, 0.2) is 11.5 Å². The lowest BCUT2D eigenvalue weighted by Crippen LogP contribution is -2.30. The summed E-state index contributed by atoms with van der Waals surface area (Å²) in [5.41, 5.74) is 1.08. The molecule has 8 heteroatoms. The predicted octanol–water partition coefficient (Wildman–Crippen LogP) is 4.25. The second kappa shape index (κ2) is 9.04. The highest BCUT2D eigenvalue weighted by atomic mass is 32.2. The van der Waals surface area contributed by atoms with Crippen molar-refractivity contribution in [1.82, 2.24) is 0 Å². The molecule has 0 amide bonds. The molecule has 0 aliphatic carbocycles. The zero-order valence-electron chi connectivity index (χ0n) is 16.8. The van der Waals surface area contributed by atoms with Gasteiger partial charge in [0.05, 0.1) is 38.5 Å².